The van der Waals surface area contributed by atoms with Gasteiger partial charge in [-0.1, -0.05) is 94.1 Å². The van der Waals surface area contributed by atoms with Gasteiger partial charge in [-0.3, -0.25) is 9.59 Å². The van der Waals surface area contributed by atoms with E-state index in [0.29, 0.717) is 31.1 Å². The first-order valence-electron chi connectivity index (χ1n) is 14.2. The molecule has 0 bridgehead atoms. The first-order valence-corrected chi connectivity index (χ1v) is 15.1. The van der Waals surface area contributed by atoms with Crippen molar-refractivity contribution in [2.45, 2.75) is 64.8 Å². The highest BCUT2D eigenvalue weighted by atomic mass is 32.1. The molecule has 2 aromatic carbocycles. The van der Waals surface area contributed by atoms with Crippen LogP contribution in [0.4, 0.5) is 0 Å². The van der Waals surface area contributed by atoms with Gasteiger partial charge in [-0.15, -0.1) is 11.3 Å². The Hall–Kier alpha value is -3.33. The Labute approximate surface area is 248 Å². The SMILES string of the molecule is C=CCOC(=O)[C@@H](C)C[C@H](Cc1ccccc1)NC(=O)c1csc([C@@H](C[C@@H](NC)C(C)C)OCc2ccccc2)n1. The number of hydrogen-bond acceptors (Lipinski definition) is 7. The molecule has 41 heavy (non-hydrogen) atoms. The highest BCUT2D eigenvalue weighted by Crippen LogP contribution is 2.29. The molecule has 0 fully saturated rings. The van der Waals surface area contributed by atoms with E-state index in [4.69, 9.17) is 14.5 Å². The molecule has 4 atom stereocenters. The molecule has 0 aliphatic heterocycles. The Balaban J connectivity index is 1.75. The summed E-state index contributed by atoms with van der Waals surface area (Å²) in [5.74, 6) is -0.559. The van der Waals surface area contributed by atoms with Crippen LogP contribution >= 0.6 is 11.3 Å². The van der Waals surface area contributed by atoms with Crippen molar-refractivity contribution < 1.29 is 19.1 Å². The van der Waals surface area contributed by atoms with Gasteiger partial charge in [0.25, 0.3) is 5.91 Å². The molecule has 0 radical (unpaired) electrons. The molecule has 1 heterocycles. The second-order valence-electron chi connectivity index (χ2n) is 10.6. The fraction of sp³-hybridized carbons (Fsp3) is 0.424. The predicted octanol–water partition coefficient (Wildman–Crippen LogP) is 6.13. The van der Waals surface area contributed by atoms with Crippen molar-refractivity contribution in [2.75, 3.05) is 13.7 Å². The van der Waals surface area contributed by atoms with Crippen LogP contribution in [0.25, 0.3) is 0 Å². The molecule has 220 valence electrons. The van der Waals surface area contributed by atoms with Crippen molar-refractivity contribution >= 4 is 23.2 Å². The second-order valence-corrected chi connectivity index (χ2v) is 11.5. The van der Waals surface area contributed by atoms with Crippen LogP contribution in [0.15, 0.2) is 78.7 Å². The summed E-state index contributed by atoms with van der Waals surface area (Å²) in [6.45, 7) is 10.4. The van der Waals surface area contributed by atoms with Gasteiger partial charge >= 0.3 is 5.97 Å². The number of nitrogens with zero attached hydrogens (tertiary/aromatic N) is 1. The molecular formula is C33H43N3O4S. The third-order valence-corrected chi connectivity index (χ3v) is 7.95. The van der Waals surface area contributed by atoms with Crippen LogP contribution in [0.3, 0.4) is 0 Å². The monoisotopic (exact) mass is 577 g/mol. The summed E-state index contributed by atoms with van der Waals surface area (Å²) in [4.78, 5) is 30.6. The number of esters is 1. The fourth-order valence-electron chi connectivity index (χ4n) is 4.66. The van der Waals surface area contributed by atoms with Crippen LogP contribution in [-0.2, 0) is 27.3 Å². The number of carbonyl (C=O) groups is 2. The van der Waals surface area contributed by atoms with E-state index >= 15 is 0 Å². The number of nitrogens with one attached hydrogen (secondary N) is 2. The summed E-state index contributed by atoms with van der Waals surface area (Å²) in [6.07, 6.45) is 3.04. The van der Waals surface area contributed by atoms with E-state index in [-0.39, 0.29) is 42.6 Å². The van der Waals surface area contributed by atoms with E-state index in [2.05, 4.69) is 31.1 Å². The average molecular weight is 578 g/mol. The molecule has 2 N–H and O–H groups in total. The minimum atomic E-state index is -0.389. The van der Waals surface area contributed by atoms with Crippen LogP contribution in [0.1, 0.15) is 66.3 Å². The largest absolute Gasteiger partial charge is 0.461 e. The van der Waals surface area contributed by atoms with E-state index in [0.717, 1.165) is 22.6 Å². The van der Waals surface area contributed by atoms with E-state index < -0.39 is 0 Å². The van der Waals surface area contributed by atoms with Crippen molar-refractivity contribution in [3.05, 3.63) is 101 Å². The molecular weight excluding hydrogens is 534 g/mol. The topological polar surface area (TPSA) is 89.5 Å². The zero-order valence-corrected chi connectivity index (χ0v) is 25.4. The van der Waals surface area contributed by atoms with Gasteiger partial charge in [0.05, 0.1) is 12.5 Å². The molecule has 8 heteroatoms. The number of ether oxygens (including phenoxy) is 2. The van der Waals surface area contributed by atoms with Crippen LogP contribution < -0.4 is 10.6 Å². The standard InChI is InChI=1S/C33H43N3O4S/c1-6-17-39-33(38)24(4)18-27(19-25-13-9-7-10-14-25)35-31(37)29-22-41-32(36-29)30(20-28(34-5)23(2)3)40-21-26-15-11-8-12-16-26/h6-16,22-24,27-28,30,34H,1,17-21H2,2-5H3,(H,35,37)/t24-,27+,28+,30+/m0/s1. The summed E-state index contributed by atoms with van der Waals surface area (Å²) >= 11 is 1.44. The number of amides is 1. The van der Waals surface area contributed by atoms with E-state index in [1.165, 1.54) is 11.3 Å². The van der Waals surface area contributed by atoms with E-state index in [1.807, 2.05) is 74.6 Å². The van der Waals surface area contributed by atoms with Gasteiger partial charge in [-0.05, 0) is 43.4 Å². The van der Waals surface area contributed by atoms with E-state index in [1.54, 1.807) is 11.5 Å². The van der Waals surface area contributed by atoms with Gasteiger partial charge in [0.2, 0.25) is 0 Å². The first kappa shape index (κ1) is 32.2. The number of benzene rings is 2. The lowest BCUT2D eigenvalue weighted by Gasteiger charge is -2.25. The quantitative estimate of drug-likeness (QED) is 0.148. The second kappa shape index (κ2) is 16.8. The molecule has 3 aromatic rings. The van der Waals surface area contributed by atoms with Crippen LogP contribution in [0.5, 0.6) is 0 Å². The van der Waals surface area contributed by atoms with Crippen molar-refractivity contribution in [2.24, 2.45) is 11.8 Å². The Bertz CT molecular complexity index is 1220. The summed E-state index contributed by atoms with van der Waals surface area (Å²) in [7, 11) is 1.96. The van der Waals surface area contributed by atoms with Gasteiger partial charge in [0.15, 0.2) is 0 Å². The molecule has 0 saturated heterocycles. The maximum Gasteiger partial charge on any atom is 0.309 e. The molecule has 7 nitrogen and oxygen atoms in total. The summed E-state index contributed by atoms with van der Waals surface area (Å²) < 4.78 is 11.6. The van der Waals surface area contributed by atoms with Gasteiger partial charge in [0.1, 0.15) is 23.4 Å². The molecule has 0 aliphatic rings. The Morgan fingerprint density at radius 1 is 1.00 bits per heavy atom. The maximum absolute atomic E-state index is 13.4. The minimum absolute atomic E-state index is 0.166. The fourth-order valence-corrected chi connectivity index (χ4v) is 5.52. The highest BCUT2D eigenvalue weighted by molar-refractivity contribution is 7.09. The third-order valence-electron chi connectivity index (χ3n) is 7.01. The lowest BCUT2D eigenvalue weighted by Crippen LogP contribution is -2.39. The number of rotatable bonds is 17. The first-order chi connectivity index (χ1) is 19.8. The highest BCUT2D eigenvalue weighted by Gasteiger charge is 2.26. The molecule has 3 rings (SSSR count). The van der Waals surface area contributed by atoms with Gasteiger partial charge in [-0.25, -0.2) is 4.98 Å². The molecule has 0 saturated carbocycles. The Kier molecular flexibility index (Phi) is 13.2. The molecule has 1 amide bonds. The van der Waals surface area contributed by atoms with Gasteiger partial charge in [0, 0.05) is 17.5 Å². The van der Waals surface area contributed by atoms with Crippen molar-refractivity contribution in [1.29, 1.82) is 0 Å². The molecule has 0 spiro atoms. The number of carbonyl (C=O) groups excluding carboxylic acids is 2. The predicted molar refractivity (Wildman–Crippen MR) is 165 cm³/mol. The smallest absolute Gasteiger partial charge is 0.309 e. The van der Waals surface area contributed by atoms with E-state index in [9.17, 15) is 9.59 Å². The van der Waals surface area contributed by atoms with Crippen LogP contribution in [-0.4, -0.2) is 42.6 Å². The summed E-state index contributed by atoms with van der Waals surface area (Å²) in [6, 6.07) is 19.9. The lowest BCUT2D eigenvalue weighted by atomic mass is 9.96. The molecule has 0 aliphatic carbocycles. The van der Waals surface area contributed by atoms with Crippen molar-refractivity contribution in [1.82, 2.24) is 15.6 Å². The summed E-state index contributed by atoms with van der Waals surface area (Å²) in [5, 5.41) is 9.08. The zero-order valence-electron chi connectivity index (χ0n) is 24.5. The number of aromatic nitrogens is 1. The van der Waals surface area contributed by atoms with Gasteiger partial charge < -0.3 is 20.1 Å². The van der Waals surface area contributed by atoms with Gasteiger partial charge in [-0.2, -0.15) is 0 Å². The Morgan fingerprint density at radius 3 is 2.27 bits per heavy atom. The Morgan fingerprint density at radius 2 is 1.66 bits per heavy atom. The van der Waals surface area contributed by atoms with Crippen LogP contribution in [0.2, 0.25) is 0 Å². The maximum atomic E-state index is 13.4. The third kappa shape index (κ3) is 10.5. The number of hydrogen-bond donors (Lipinski definition) is 2. The van der Waals surface area contributed by atoms with Crippen molar-refractivity contribution in [3.63, 3.8) is 0 Å². The zero-order chi connectivity index (χ0) is 29.6. The lowest BCUT2D eigenvalue weighted by molar-refractivity contribution is -0.147. The normalized spacial score (nSPS) is 14.2. The number of thiazole rings is 1. The van der Waals surface area contributed by atoms with Crippen molar-refractivity contribution in [3.8, 4) is 0 Å². The molecule has 0 unspecified atom stereocenters. The minimum Gasteiger partial charge on any atom is -0.461 e. The average Bonchev–Trinajstić information content (AvgIpc) is 3.47. The summed E-state index contributed by atoms with van der Waals surface area (Å²) in [5.41, 5.74) is 2.51. The molecule has 1 aromatic heterocycles. The van der Waals surface area contributed by atoms with Crippen LogP contribution in [0, 0.1) is 11.8 Å².